The summed E-state index contributed by atoms with van der Waals surface area (Å²) >= 11 is 1.17. The predicted molar refractivity (Wildman–Crippen MR) is 79.0 cm³/mol. The quantitative estimate of drug-likeness (QED) is 0.590. The Kier molecular flexibility index (Phi) is 3.33. The maximum atomic E-state index is 9.88. The first-order chi connectivity index (χ1) is 10.2. The van der Waals surface area contributed by atoms with Gasteiger partial charge in [0.05, 0.1) is 5.52 Å². The van der Waals surface area contributed by atoms with Crippen molar-refractivity contribution in [2.24, 2.45) is 10.2 Å². The molecule has 21 heavy (non-hydrogen) atoms. The highest BCUT2D eigenvalue weighted by Crippen LogP contribution is 2.34. The SMILES string of the molecule is [C-]#[N+]Cn1ccc2c(O)ccc(N=Nc3nc(C)ns3)c21. The predicted octanol–water partition coefficient (Wildman–Crippen LogP) is 3.80. The van der Waals surface area contributed by atoms with Gasteiger partial charge in [-0.3, -0.25) is 9.41 Å². The van der Waals surface area contributed by atoms with Crippen molar-refractivity contribution in [3.8, 4) is 5.75 Å². The molecule has 0 aliphatic carbocycles. The molecule has 0 saturated heterocycles. The molecule has 0 fully saturated rings. The van der Waals surface area contributed by atoms with Crippen molar-refractivity contribution in [3.63, 3.8) is 0 Å². The third-order valence-electron chi connectivity index (χ3n) is 2.86. The first kappa shape index (κ1) is 13.2. The van der Waals surface area contributed by atoms with Gasteiger partial charge in [0.25, 0.3) is 6.67 Å². The molecule has 1 aromatic carbocycles. The summed E-state index contributed by atoms with van der Waals surface area (Å²) in [7, 11) is 0. The van der Waals surface area contributed by atoms with Crippen LogP contribution in [0.5, 0.6) is 5.75 Å². The number of fused-ring (bicyclic) bond motifs is 1. The average molecular weight is 298 g/mol. The molecule has 3 aromatic rings. The van der Waals surface area contributed by atoms with Crippen LogP contribution in [-0.2, 0) is 6.67 Å². The summed E-state index contributed by atoms with van der Waals surface area (Å²) < 4.78 is 5.76. The number of phenolic OH excluding ortho intramolecular Hbond substituents is 1. The Morgan fingerprint density at radius 1 is 1.38 bits per heavy atom. The van der Waals surface area contributed by atoms with Crippen LogP contribution in [0.4, 0.5) is 10.8 Å². The van der Waals surface area contributed by atoms with E-state index in [-0.39, 0.29) is 12.4 Å². The van der Waals surface area contributed by atoms with Gasteiger partial charge in [0.1, 0.15) is 17.3 Å². The van der Waals surface area contributed by atoms with E-state index in [0.717, 1.165) is 0 Å². The number of nitrogens with zero attached hydrogens (tertiary/aromatic N) is 6. The van der Waals surface area contributed by atoms with Gasteiger partial charge in [-0.2, -0.15) is 4.37 Å². The topological polar surface area (TPSA) is 80.0 Å². The van der Waals surface area contributed by atoms with E-state index in [9.17, 15) is 5.11 Å². The zero-order valence-corrected chi connectivity index (χ0v) is 11.9. The molecular formula is C13H10N6OS. The van der Waals surface area contributed by atoms with E-state index >= 15 is 0 Å². The number of rotatable bonds is 3. The molecule has 0 atom stereocenters. The van der Waals surface area contributed by atoms with Crippen LogP contribution in [0.2, 0.25) is 0 Å². The minimum Gasteiger partial charge on any atom is -0.507 e. The zero-order valence-electron chi connectivity index (χ0n) is 11.1. The molecule has 3 rings (SSSR count). The third kappa shape index (κ3) is 2.46. The lowest BCUT2D eigenvalue weighted by Gasteiger charge is -2.02. The Balaban J connectivity index is 2.09. The summed E-state index contributed by atoms with van der Waals surface area (Å²) in [6, 6.07) is 4.98. The highest BCUT2D eigenvalue weighted by atomic mass is 32.1. The molecule has 0 spiro atoms. The summed E-state index contributed by atoms with van der Waals surface area (Å²) in [6.07, 6.45) is 1.75. The zero-order chi connectivity index (χ0) is 14.8. The highest BCUT2D eigenvalue weighted by Gasteiger charge is 2.11. The largest absolute Gasteiger partial charge is 0.507 e. The molecule has 2 aromatic heterocycles. The number of aromatic nitrogens is 3. The standard InChI is InChI=1S/C13H10N6OS/c1-8-15-13(21-18-8)17-16-10-3-4-11(20)9-5-6-19(7-14-2)12(9)10/h3-6,20H,7H2,1H3. The smallest absolute Gasteiger partial charge is 0.293 e. The van der Waals surface area contributed by atoms with Gasteiger partial charge in [0, 0.05) is 23.1 Å². The van der Waals surface area contributed by atoms with Crippen molar-refractivity contribution >= 4 is 33.3 Å². The van der Waals surface area contributed by atoms with Crippen molar-refractivity contribution in [2.75, 3.05) is 0 Å². The normalized spacial score (nSPS) is 11.2. The van der Waals surface area contributed by atoms with E-state index in [1.807, 2.05) is 0 Å². The van der Waals surface area contributed by atoms with Crippen LogP contribution >= 0.6 is 11.5 Å². The number of hydrogen-bond donors (Lipinski definition) is 1. The Morgan fingerprint density at radius 3 is 2.95 bits per heavy atom. The number of azo groups is 1. The first-order valence-electron chi connectivity index (χ1n) is 6.05. The molecule has 0 saturated carbocycles. The van der Waals surface area contributed by atoms with Crippen LogP contribution in [0.25, 0.3) is 15.7 Å². The number of hydrogen-bond acceptors (Lipinski definition) is 6. The van der Waals surface area contributed by atoms with Crippen LogP contribution in [-0.4, -0.2) is 19.0 Å². The number of phenols is 1. The van der Waals surface area contributed by atoms with Gasteiger partial charge in [-0.1, -0.05) is 0 Å². The van der Waals surface area contributed by atoms with E-state index < -0.39 is 0 Å². The van der Waals surface area contributed by atoms with Crippen molar-refractivity contribution in [1.29, 1.82) is 0 Å². The lowest BCUT2D eigenvalue weighted by Crippen LogP contribution is -1.90. The average Bonchev–Trinajstić information content (AvgIpc) is 3.07. The minimum atomic E-state index is 0.152. The van der Waals surface area contributed by atoms with Crippen LogP contribution < -0.4 is 0 Å². The monoisotopic (exact) mass is 298 g/mol. The second-order valence-electron chi connectivity index (χ2n) is 4.28. The maximum absolute atomic E-state index is 9.88. The van der Waals surface area contributed by atoms with E-state index in [0.29, 0.717) is 27.5 Å². The fraction of sp³-hybridized carbons (Fsp3) is 0.154. The maximum Gasteiger partial charge on any atom is 0.293 e. The van der Waals surface area contributed by atoms with Crippen LogP contribution in [0.1, 0.15) is 5.82 Å². The summed E-state index contributed by atoms with van der Waals surface area (Å²) in [5, 5.41) is 19.2. The summed E-state index contributed by atoms with van der Waals surface area (Å²) in [5.41, 5.74) is 1.25. The van der Waals surface area contributed by atoms with Gasteiger partial charge in [-0.25, -0.2) is 11.6 Å². The lowest BCUT2D eigenvalue weighted by atomic mass is 10.2. The molecule has 0 amide bonds. The van der Waals surface area contributed by atoms with E-state index in [1.54, 1.807) is 35.9 Å². The van der Waals surface area contributed by atoms with Gasteiger partial charge < -0.3 is 5.11 Å². The van der Waals surface area contributed by atoms with E-state index in [4.69, 9.17) is 6.57 Å². The molecule has 0 radical (unpaired) electrons. The van der Waals surface area contributed by atoms with Crippen molar-refractivity contribution in [3.05, 3.63) is 41.6 Å². The summed E-state index contributed by atoms with van der Waals surface area (Å²) in [4.78, 5) is 7.47. The molecular weight excluding hydrogens is 288 g/mol. The Morgan fingerprint density at radius 2 is 2.24 bits per heavy atom. The molecule has 0 unspecified atom stereocenters. The second-order valence-corrected chi connectivity index (χ2v) is 5.01. The molecule has 104 valence electrons. The van der Waals surface area contributed by atoms with Crippen molar-refractivity contribution in [2.45, 2.75) is 13.6 Å². The van der Waals surface area contributed by atoms with Crippen molar-refractivity contribution in [1.82, 2.24) is 13.9 Å². The van der Waals surface area contributed by atoms with E-state index in [1.165, 1.54) is 11.5 Å². The van der Waals surface area contributed by atoms with Crippen LogP contribution in [0.15, 0.2) is 34.6 Å². The number of aromatic hydroxyl groups is 1. The minimum absolute atomic E-state index is 0.152. The lowest BCUT2D eigenvalue weighted by molar-refractivity contribution is 0.481. The number of benzene rings is 1. The molecule has 0 bridgehead atoms. The molecule has 8 heteroatoms. The highest BCUT2D eigenvalue weighted by molar-refractivity contribution is 7.09. The van der Waals surface area contributed by atoms with Gasteiger partial charge in [0.2, 0.25) is 5.13 Å². The first-order valence-corrected chi connectivity index (χ1v) is 6.82. The third-order valence-corrected chi connectivity index (χ3v) is 3.56. The van der Waals surface area contributed by atoms with Gasteiger partial charge in [-0.05, 0) is 25.1 Å². The summed E-state index contributed by atoms with van der Waals surface area (Å²) in [5.74, 6) is 0.806. The Hall–Kier alpha value is -2.79. The summed E-state index contributed by atoms with van der Waals surface area (Å²) in [6.45, 7) is 8.94. The van der Waals surface area contributed by atoms with Crippen LogP contribution in [0.3, 0.4) is 0 Å². The van der Waals surface area contributed by atoms with Gasteiger partial charge >= 0.3 is 0 Å². The molecule has 0 aliphatic rings. The molecule has 0 aliphatic heterocycles. The second kappa shape index (κ2) is 5.30. The fourth-order valence-electron chi connectivity index (χ4n) is 1.99. The Bertz CT molecular complexity index is 873. The Labute approximate surface area is 124 Å². The number of aryl methyl sites for hydroxylation is 1. The van der Waals surface area contributed by atoms with Gasteiger partial charge in [-0.15, -0.1) is 10.2 Å². The molecule has 7 nitrogen and oxygen atoms in total. The fourth-order valence-corrected chi connectivity index (χ4v) is 2.49. The van der Waals surface area contributed by atoms with Crippen molar-refractivity contribution < 1.29 is 5.11 Å². The molecule has 1 N–H and O–H groups in total. The molecule has 2 heterocycles. The van der Waals surface area contributed by atoms with Gasteiger partial charge in [0.15, 0.2) is 0 Å². The van der Waals surface area contributed by atoms with Crippen LogP contribution in [0, 0.1) is 13.5 Å². The van der Waals surface area contributed by atoms with E-state index in [2.05, 4.69) is 24.4 Å².